The van der Waals surface area contributed by atoms with Gasteiger partial charge in [0.1, 0.15) is 11.5 Å². The number of rotatable bonds is 7. The van der Waals surface area contributed by atoms with Gasteiger partial charge >= 0.3 is 0 Å². The minimum Gasteiger partial charge on any atom is -0.496 e. The smallest absolute Gasteiger partial charge is 0.277 e. The Labute approximate surface area is 168 Å². The number of carbonyl (C=O) groups excluding carboxylic acids is 1. The molecule has 1 saturated heterocycles. The van der Waals surface area contributed by atoms with E-state index in [-0.39, 0.29) is 12.5 Å². The Morgan fingerprint density at radius 3 is 2.86 bits per heavy atom. The Bertz CT molecular complexity index is 838. The molecule has 7 nitrogen and oxygen atoms in total. The highest BCUT2D eigenvalue weighted by molar-refractivity contribution is 6.30. The van der Waals surface area contributed by atoms with Gasteiger partial charge in [0.2, 0.25) is 0 Å². The normalized spacial score (nSPS) is 14.1. The molecular weight excluding hydrogens is 382 g/mol. The highest BCUT2D eigenvalue weighted by Gasteiger charge is 2.13. The summed E-state index contributed by atoms with van der Waals surface area (Å²) in [5.74, 6) is 0.823. The van der Waals surface area contributed by atoms with Crippen molar-refractivity contribution < 1.29 is 19.0 Å². The summed E-state index contributed by atoms with van der Waals surface area (Å²) in [4.78, 5) is 14.1. The molecule has 28 heavy (non-hydrogen) atoms. The number of hydrazone groups is 1. The lowest BCUT2D eigenvalue weighted by Crippen LogP contribution is -2.36. The lowest BCUT2D eigenvalue weighted by atomic mass is 10.1. The third-order valence-corrected chi connectivity index (χ3v) is 4.39. The molecule has 0 bridgehead atoms. The SMILES string of the molecule is COc1cc(N2CCOCC2)ccc1/C=N/NC(=O)COc1cccc(Cl)c1. The van der Waals surface area contributed by atoms with Crippen LogP contribution in [0.1, 0.15) is 5.56 Å². The largest absolute Gasteiger partial charge is 0.496 e. The molecule has 1 N–H and O–H groups in total. The second-order valence-electron chi connectivity index (χ2n) is 6.06. The molecular formula is C20H22ClN3O4. The number of nitrogens with zero attached hydrogens (tertiary/aromatic N) is 2. The van der Waals surface area contributed by atoms with Crippen LogP contribution in [0.3, 0.4) is 0 Å². The van der Waals surface area contributed by atoms with Crippen molar-refractivity contribution in [3.05, 3.63) is 53.1 Å². The molecule has 2 aromatic carbocycles. The number of halogens is 1. The van der Waals surface area contributed by atoms with Crippen molar-refractivity contribution in [2.45, 2.75) is 0 Å². The van der Waals surface area contributed by atoms with Crippen LogP contribution in [-0.2, 0) is 9.53 Å². The summed E-state index contributed by atoms with van der Waals surface area (Å²) in [6.07, 6.45) is 1.54. The van der Waals surface area contributed by atoms with E-state index < -0.39 is 0 Å². The monoisotopic (exact) mass is 403 g/mol. The van der Waals surface area contributed by atoms with Crippen molar-refractivity contribution in [1.29, 1.82) is 0 Å². The van der Waals surface area contributed by atoms with Crippen LogP contribution in [0.15, 0.2) is 47.6 Å². The number of hydrogen-bond donors (Lipinski definition) is 1. The standard InChI is InChI=1S/C20H22ClN3O4/c1-26-19-12-17(24-7-9-27-10-8-24)6-5-15(19)13-22-23-20(25)14-28-18-4-2-3-16(21)11-18/h2-6,11-13H,7-10,14H2,1H3,(H,23,25)/b22-13+. The van der Waals surface area contributed by atoms with Crippen molar-refractivity contribution in [2.75, 3.05) is 44.9 Å². The first kappa shape index (κ1) is 20.0. The van der Waals surface area contributed by atoms with Gasteiger partial charge in [-0.3, -0.25) is 4.79 Å². The average molecular weight is 404 g/mol. The number of hydrogen-bond acceptors (Lipinski definition) is 6. The molecule has 0 unspecified atom stereocenters. The Kier molecular flexibility index (Phi) is 7.11. The quantitative estimate of drug-likeness (QED) is 0.568. The zero-order valence-corrected chi connectivity index (χ0v) is 16.3. The number of anilines is 1. The Balaban J connectivity index is 1.54. The molecule has 1 aliphatic heterocycles. The first-order valence-corrected chi connectivity index (χ1v) is 9.24. The van der Waals surface area contributed by atoms with E-state index in [0.29, 0.717) is 16.5 Å². The molecule has 3 rings (SSSR count). The van der Waals surface area contributed by atoms with E-state index in [1.165, 1.54) is 0 Å². The van der Waals surface area contributed by atoms with E-state index in [9.17, 15) is 4.79 Å². The van der Waals surface area contributed by atoms with E-state index in [2.05, 4.69) is 15.4 Å². The van der Waals surface area contributed by atoms with Gasteiger partial charge in [0.25, 0.3) is 5.91 Å². The Morgan fingerprint density at radius 2 is 2.11 bits per heavy atom. The highest BCUT2D eigenvalue weighted by Crippen LogP contribution is 2.25. The second-order valence-corrected chi connectivity index (χ2v) is 6.50. The van der Waals surface area contributed by atoms with Crippen molar-refractivity contribution in [1.82, 2.24) is 5.43 Å². The lowest BCUT2D eigenvalue weighted by molar-refractivity contribution is -0.123. The molecule has 1 aliphatic rings. The van der Waals surface area contributed by atoms with Crippen LogP contribution in [0.25, 0.3) is 0 Å². The van der Waals surface area contributed by atoms with E-state index in [4.69, 9.17) is 25.8 Å². The summed E-state index contributed by atoms with van der Waals surface area (Å²) >= 11 is 5.88. The van der Waals surface area contributed by atoms with Crippen LogP contribution < -0.4 is 19.8 Å². The zero-order valence-electron chi connectivity index (χ0n) is 15.6. The molecule has 0 atom stereocenters. The lowest BCUT2D eigenvalue weighted by Gasteiger charge is -2.29. The van der Waals surface area contributed by atoms with E-state index >= 15 is 0 Å². The van der Waals surface area contributed by atoms with Gasteiger partial charge in [-0.05, 0) is 30.3 Å². The molecule has 8 heteroatoms. The summed E-state index contributed by atoms with van der Waals surface area (Å²) in [6.45, 7) is 2.97. The Morgan fingerprint density at radius 1 is 1.29 bits per heavy atom. The first-order valence-electron chi connectivity index (χ1n) is 8.87. The van der Waals surface area contributed by atoms with Crippen LogP contribution in [0.5, 0.6) is 11.5 Å². The predicted octanol–water partition coefficient (Wildman–Crippen LogP) is 2.71. The number of carbonyl (C=O) groups is 1. The maximum atomic E-state index is 11.9. The van der Waals surface area contributed by atoms with Gasteiger partial charge in [0.05, 0.1) is 26.5 Å². The van der Waals surface area contributed by atoms with Gasteiger partial charge in [-0.15, -0.1) is 0 Å². The van der Waals surface area contributed by atoms with Crippen LogP contribution >= 0.6 is 11.6 Å². The summed E-state index contributed by atoms with van der Waals surface area (Å²) < 4.78 is 16.2. The molecule has 1 heterocycles. The van der Waals surface area contributed by atoms with E-state index in [0.717, 1.165) is 37.6 Å². The van der Waals surface area contributed by atoms with Crippen molar-refractivity contribution in [3.8, 4) is 11.5 Å². The zero-order chi connectivity index (χ0) is 19.8. The van der Waals surface area contributed by atoms with E-state index in [1.807, 2.05) is 18.2 Å². The third-order valence-electron chi connectivity index (χ3n) is 4.15. The number of benzene rings is 2. The molecule has 1 amide bonds. The molecule has 0 radical (unpaired) electrons. The average Bonchev–Trinajstić information content (AvgIpc) is 2.73. The van der Waals surface area contributed by atoms with E-state index in [1.54, 1.807) is 37.6 Å². The number of morpholine rings is 1. The summed E-state index contributed by atoms with van der Waals surface area (Å²) in [5.41, 5.74) is 4.26. The molecule has 2 aromatic rings. The van der Waals surface area contributed by atoms with Crippen LogP contribution in [0.4, 0.5) is 5.69 Å². The van der Waals surface area contributed by atoms with Gasteiger partial charge in [0.15, 0.2) is 6.61 Å². The molecule has 0 spiro atoms. The minimum atomic E-state index is -0.375. The summed E-state index contributed by atoms with van der Waals surface area (Å²) in [5, 5.41) is 4.52. The molecule has 0 aromatic heterocycles. The van der Waals surface area contributed by atoms with Gasteiger partial charge in [-0.25, -0.2) is 5.43 Å². The number of amides is 1. The first-order chi connectivity index (χ1) is 13.7. The number of ether oxygens (including phenoxy) is 3. The highest BCUT2D eigenvalue weighted by atomic mass is 35.5. The molecule has 0 saturated carbocycles. The van der Waals surface area contributed by atoms with Crippen molar-refractivity contribution in [2.24, 2.45) is 5.10 Å². The van der Waals surface area contributed by atoms with Crippen LogP contribution in [0, 0.1) is 0 Å². The maximum absolute atomic E-state index is 11.9. The van der Waals surface area contributed by atoms with Gasteiger partial charge in [-0.2, -0.15) is 5.10 Å². The summed E-state index contributed by atoms with van der Waals surface area (Å²) in [6, 6.07) is 12.7. The Hall–Kier alpha value is -2.77. The predicted molar refractivity (Wildman–Crippen MR) is 109 cm³/mol. The molecule has 1 fully saturated rings. The fourth-order valence-corrected chi connectivity index (χ4v) is 2.92. The van der Waals surface area contributed by atoms with Crippen LogP contribution in [-0.4, -0.2) is 52.1 Å². The summed E-state index contributed by atoms with van der Waals surface area (Å²) in [7, 11) is 1.60. The fourth-order valence-electron chi connectivity index (χ4n) is 2.74. The van der Waals surface area contributed by atoms with Gasteiger partial charge in [-0.1, -0.05) is 17.7 Å². The third kappa shape index (κ3) is 5.61. The molecule has 0 aliphatic carbocycles. The van der Waals surface area contributed by atoms with Crippen molar-refractivity contribution >= 4 is 29.4 Å². The van der Waals surface area contributed by atoms with Crippen LogP contribution in [0.2, 0.25) is 5.02 Å². The van der Waals surface area contributed by atoms with Gasteiger partial charge < -0.3 is 19.1 Å². The minimum absolute atomic E-state index is 0.162. The topological polar surface area (TPSA) is 72.4 Å². The van der Waals surface area contributed by atoms with Gasteiger partial charge in [0, 0.05) is 35.4 Å². The van der Waals surface area contributed by atoms with Crippen molar-refractivity contribution in [3.63, 3.8) is 0 Å². The fraction of sp³-hybridized carbons (Fsp3) is 0.300. The number of methoxy groups -OCH3 is 1. The molecule has 148 valence electrons. The number of nitrogens with one attached hydrogen (secondary N) is 1. The maximum Gasteiger partial charge on any atom is 0.277 e. The second kappa shape index (κ2) is 9.96.